The normalized spacial score (nSPS) is 15.7. The first-order valence-electron chi connectivity index (χ1n) is 9.34. The first-order chi connectivity index (χ1) is 14.7. The number of carbonyl (C=O) groups excluding carboxylic acids is 2. The van der Waals surface area contributed by atoms with Gasteiger partial charge in [-0.25, -0.2) is 15.0 Å². The lowest BCUT2D eigenvalue weighted by atomic mass is 10.1. The highest BCUT2D eigenvalue weighted by Gasteiger charge is 2.35. The van der Waals surface area contributed by atoms with Crippen LogP contribution in [0.5, 0.6) is 0 Å². The van der Waals surface area contributed by atoms with Crippen molar-refractivity contribution in [2.45, 2.75) is 18.9 Å². The summed E-state index contributed by atoms with van der Waals surface area (Å²) < 4.78 is 10.6. The lowest BCUT2D eigenvalue weighted by Gasteiger charge is -2.19. The van der Waals surface area contributed by atoms with E-state index in [1.165, 1.54) is 5.01 Å². The van der Waals surface area contributed by atoms with Gasteiger partial charge >= 0.3 is 5.97 Å². The van der Waals surface area contributed by atoms with Crippen molar-refractivity contribution in [2.24, 2.45) is 5.10 Å². The van der Waals surface area contributed by atoms with Crippen LogP contribution < -0.4 is 5.32 Å². The first kappa shape index (κ1) is 19.8. The van der Waals surface area contributed by atoms with Crippen molar-refractivity contribution >= 4 is 34.9 Å². The molecule has 0 saturated carbocycles. The summed E-state index contributed by atoms with van der Waals surface area (Å²) in [5.41, 5.74) is 0.804. The van der Waals surface area contributed by atoms with Gasteiger partial charge in [-0.15, -0.1) is 11.3 Å². The number of nitrogens with zero attached hydrogens (tertiary/aromatic N) is 4. The summed E-state index contributed by atoms with van der Waals surface area (Å²) in [5, 5.41) is 10.7. The molecule has 1 atom stereocenters. The van der Waals surface area contributed by atoms with E-state index in [2.05, 4.69) is 20.4 Å². The molecule has 4 rings (SSSR count). The Kier molecular flexibility index (Phi) is 6.14. The summed E-state index contributed by atoms with van der Waals surface area (Å²) >= 11 is 1.56. The van der Waals surface area contributed by atoms with Crippen molar-refractivity contribution in [3.63, 3.8) is 0 Å². The highest BCUT2D eigenvalue weighted by Crippen LogP contribution is 2.33. The molecule has 0 spiro atoms. The quantitative estimate of drug-likeness (QED) is 0.553. The van der Waals surface area contributed by atoms with E-state index in [1.807, 2.05) is 17.5 Å². The number of esters is 1. The molecule has 9 nitrogen and oxygen atoms in total. The van der Waals surface area contributed by atoms with Crippen LogP contribution in [0.15, 0.2) is 63.9 Å². The second-order valence-corrected chi connectivity index (χ2v) is 7.36. The number of nitrogens with one attached hydrogen (secondary N) is 1. The average Bonchev–Trinajstić information content (AvgIpc) is 3.53. The zero-order chi connectivity index (χ0) is 20.8. The van der Waals surface area contributed by atoms with Gasteiger partial charge < -0.3 is 14.5 Å². The number of hydrogen-bond acceptors (Lipinski definition) is 9. The summed E-state index contributed by atoms with van der Waals surface area (Å²) in [7, 11) is 0. The molecule has 0 bridgehead atoms. The molecule has 1 aliphatic rings. The summed E-state index contributed by atoms with van der Waals surface area (Å²) in [6, 6.07) is 8.81. The Morgan fingerprint density at radius 2 is 2.10 bits per heavy atom. The molecule has 0 radical (unpaired) electrons. The van der Waals surface area contributed by atoms with Gasteiger partial charge in [-0.2, -0.15) is 5.10 Å². The van der Waals surface area contributed by atoms with Crippen molar-refractivity contribution in [2.75, 3.05) is 18.5 Å². The number of amides is 1. The Morgan fingerprint density at radius 3 is 2.83 bits per heavy atom. The number of anilines is 1. The molecule has 0 saturated heterocycles. The number of carbonyl (C=O) groups is 2. The maximum absolute atomic E-state index is 12.7. The highest BCUT2D eigenvalue weighted by atomic mass is 32.1. The van der Waals surface area contributed by atoms with Crippen LogP contribution in [-0.4, -0.2) is 45.7 Å². The standard InChI is InChI=1S/C20H19N5O4S/c26-18(13-29-19(27)6-9-23-20-21-7-3-8-22-20)25-15(16-4-1-10-28-16)12-14(24-25)17-5-2-11-30-17/h1-5,7-8,10-11,15H,6,9,12-13H2,(H,21,22,23). The summed E-state index contributed by atoms with van der Waals surface area (Å²) in [6.07, 6.45) is 5.38. The van der Waals surface area contributed by atoms with Gasteiger partial charge in [0, 0.05) is 25.4 Å². The van der Waals surface area contributed by atoms with Crippen LogP contribution in [0.4, 0.5) is 5.95 Å². The molecule has 30 heavy (non-hydrogen) atoms. The zero-order valence-electron chi connectivity index (χ0n) is 15.9. The van der Waals surface area contributed by atoms with Crippen LogP contribution in [-0.2, 0) is 14.3 Å². The second kappa shape index (κ2) is 9.31. The fraction of sp³-hybridized carbons (Fsp3) is 0.250. The number of aromatic nitrogens is 2. The Hall–Kier alpha value is -3.53. The van der Waals surface area contributed by atoms with E-state index in [0.717, 1.165) is 10.6 Å². The Labute approximate surface area is 176 Å². The Morgan fingerprint density at radius 1 is 1.23 bits per heavy atom. The van der Waals surface area contributed by atoms with E-state index in [0.29, 0.717) is 24.7 Å². The van der Waals surface area contributed by atoms with Crippen molar-refractivity contribution in [3.05, 3.63) is 65.0 Å². The fourth-order valence-electron chi connectivity index (χ4n) is 2.98. The minimum atomic E-state index is -0.497. The molecule has 1 amide bonds. The Bertz CT molecular complexity index is 1010. The lowest BCUT2D eigenvalue weighted by Crippen LogP contribution is -2.31. The predicted molar refractivity (Wildman–Crippen MR) is 110 cm³/mol. The monoisotopic (exact) mass is 425 g/mol. The van der Waals surface area contributed by atoms with Crippen molar-refractivity contribution in [3.8, 4) is 0 Å². The minimum Gasteiger partial charge on any atom is -0.467 e. The molecule has 154 valence electrons. The van der Waals surface area contributed by atoms with Gasteiger partial charge in [0.05, 0.1) is 23.3 Å². The van der Waals surface area contributed by atoms with Crippen LogP contribution in [0.25, 0.3) is 0 Å². The van der Waals surface area contributed by atoms with Crippen LogP contribution in [0.3, 0.4) is 0 Å². The summed E-state index contributed by atoms with van der Waals surface area (Å²) in [4.78, 5) is 33.7. The fourth-order valence-corrected chi connectivity index (χ4v) is 3.70. The third-order valence-corrected chi connectivity index (χ3v) is 5.30. The highest BCUT2D eigenvalue weighted by molar-refractivity contribution is 7.12. The first-order valence-corrected chi connectivity index (χ1v) is 10.2. The van der Waals surface area contributed by atoms with Gasteiger partial charge in [0.15, 0.2) is 6.61 Å². The zero-order valence-corrected chi connectivity index (χ0v) is 16.7. The Balaban J connectivity index is 1.33. The van der Waals surface area contributed by atoms with Gasteiger partial charge in [0.25, 0.3) is 5.91 Å². The molecule has 1 unspecified atom stereocenters. The van der Waals surface area contributed by atoms with Gasteiger partial charge in [0.1, 0.15) is 11.8 Å². The number of hydrazone groups is 1. The smallest absolute Gasteiger partial charge is 0.308 e. The second-order valence-electron chi connectivity index (χ2n) is 6.41. The number of furan rings is 1. The van der Waals surface area contributed by atoms with Crippen LogP contribution >= 0.6 is 11.3 Å². The van der Waals surface area contributed by atoms with Crippen molar-refractivity contribution < 1.29 is 18.7 Å². The lowest BCUT2D eigenvalue weighted by molar-refractivity contribution is -0.152. The number of rotatable bonds is 8. The summed E-state index contributed by atoms with van der Waals surface area (Å²) in [5.74, 6) is 0.158. The average molecular weight is 425 g/mol. The maximum atomic E-state index is 12.7. The maximum Gasteiger partial charge on any atom is 0.308 e. The SMILES string of the molecule is O=C(CCNc1ncccn1)OCC(=O)N1N=C(c2cccs2)CC1c1ccco1. The topological polar surface area (TPSA) is 110 Å². The van der Waals surface area contributed by atoms with Gasteiger partial charge in [-0.05, 0) is 29.6 Å². The number of ether oxygens (including phenoxy) is 1. The molecule has 1 aliphatic heterocycles. The molecule has 4 heterocycles. The van der Waals surface area contributed by atoms with E-state index in [1.54, 1.807) is 48.2 Å². The summed E-state index contributed by atoms with van der Waals surface area (Å²) in [6.45, 7) is -0.0877. The predicted octanol–water partition coefficient (Wildman–Crippen LogP) is 2.85. The molecule has 3 aromatic rings. The van der Waals surface area contributed by atoms with Gasteiger partial charge in [-0.3, -0.25) is 9.59 Å². The van der Waals surface area contributed by atoms with Crippen LogP contribution in [0.1, 0.15) is 29.5 Å². The third-order valence-electron chi connectivity index (χ3n) is 4.38. The minimum absolute atomic E-state index is 0.0802. The molecule has 10 heteroatoms. The molecule has 0 aromatic carbocycles. The van der Waals surface area contributed by atoms with E-state index in [9.17, 15) is 9.59 Å². The van der Waals surface area contributed by atoms with Crippen LogP contribution in [0, 0.1) is 0 Å². The molecule has 0 aliphatic carbocycles. The third kappa shape index (κ3) is 4.71. The molecular formula is C20H19N5O4S. The molecule has 1 N–H and O–H groups in total. The van der Waals surface area contributed by atoms with E-state index in [4.69, 9.17) is 9.15 Å². The molecule has 3 aromatic heterocycles. The van der Waals surface area contributed by atoms with Crippen LogP contribution in [0.2, 0.25) is 0 Å². The van der Waals surface area contributed by atoms with Crippen molar-refractivity contribution in [1.29, 1.82) is 0 Å². The molecule has 0 fully saturated rings. The van der Waals surface area contributed by atoms with Gasteiger partial charge in [-0.1, -0.05) is 6.07 Å². The number of thiophene rings is 1. The van der Waals surface area contributed by atoms with Gasteiger partial charge in [0.2, 0.25) is 5.95 Å². The van der Waals surface area contributed by atoms with E-state index < -0.39 is 11.9 Å². The van der Waals surface area contributed by atoms with Crippen molar-refractivity contribution in [1.82, 2.24) is 15.0 Å². The number of hydrogen-bond donors (Lipinski definition) is 1. The van der Waals surface area contributed by atoms with E-state index >= 15 is 0 Å². The molecular weight excluding hydrogens is 406 g/mol. The van der Waals surface area contributed by atoms with E-state index in [-0.39, 0.29) is 19.1 Å². The largest absolute Gasteiger partial charge is 0.467 e.